The first-order chi connectivity index (χ1) is 4.68. The summed E-state index contributed by atoms with van der Waals surface area (Å²) in [4.78, 5) is 0. The Labute approximate surface area is 58.5 Å². The predicted octanol–water partition coefficient (Wildman–Crippen LogP) is -0.347. The van der Waals surface area contributed by atoms with Crippen LogP contribution in [-0.2, 0) is 0 Å². The van der Waals surface area contributed by atoms with Gasteiger partial charge in [0.25, 0.3) is 0 Å². The van der Waals surface area contributed by atoms with Crippen molar-refractivity contribution in [2.24, 2.45) is 5.73 Å². The lowest BCUT2D eigenvalue weighted by Crippen LogP contribution is -2.31. The van der Waals surface area contributed by atoms with Gasteiger partial charge in [0.1, 0.15) is 0 Å². The first kappa shape index (κ1) is 8.35. The summed E-state index contributed by atoms with van der Waals surface area (Å²) in [6, 6.07) is 0. The van der Waals surface area contributed by atoms with Crippen molar-refractivity contribution >= 4 is 17.9 Å². The second-order valence-corrected chi connectivity index (χ2v) is 1.46. The highest BCUT2D eigenvalue weighted by molar-refractivity contribution is 6.37. The van der Waals surface area contributed by atoms with Crippen LogP contribution in [0.25, 0.3) is 0 Å². The summed E-state index contributed by atoms with van der Waals surface area (Å²) < 4.78 is 0. The van der Waals surface area contributed by atoms with Crippen LogP contribution in [0.3, 0.4) is 0 Å². The van der Waals surface area contributed by atoms with E-state index in [1.807, 2.05) is 0 Å². The van der Waals surface area contributed by atoms with Crippen LogP contribution in [0.4, 0.5) is 0 Å². The molecular formula is C5H9N5. The third-order valence-electron chi connectivity index (χ3n) is 0.689. The molecule has 0 saturated heterocycles. The molecule has 0 amide bonds. The van der Waals surface area contributed by atoms with Crippen molar-refractivity contribution in [2.45, 2.75) is 0 Å². The molecule has 5 nitrogen and oxygen atoms in total. The lowest BCUT2D eigenvalue weighted by atomic mass is 10.5. The van der Waals surface area contributed by atoms with Crippen molar-refractivity contribution in [1.29, 1.82) is 16.2 Å². The molecule has 0 unspecified atom stereocenters. The van der Waals surface area contributed by atoms with Crippen molar-refractivity contribution in [2.75, 3.05) is 0 Å². The fraction of sp³-hybridized carbons (Fsp3) is 0. The molecule has 0 aromatic carbocycles. The third kappa shape index (κ3) is 3.36. The first-order valence-electron chi connectivity index (χ1n) is 2.53. The van der Waals surface area contributed by atoms with E-state index in [9.17, 15) is 0 Å². The molecule has 0 saturated carbocycles. The fourth-order valence-corrected chi connectivity index (χ4v) is 0.257. The standard InChI is InChI=1S/C5H9N5/c6-2-1-3-10-5(9)4(7)8/h1-3,6H,(H3,7,8)(H2,9,10)/b3-1-,6-2?. The number of nitrogens with one attached hydrogen (secondary N) is 4. The van der Waals surface area contributed by atoms with Gasteiger partial charge in [-0.2, -0.15) is 0 Å². The molecule has 0 rings (SSSR count). The number of nitrogens with two attached hydrogens (primary N) is 1. The van der Waals surface area contributed by atoms with E-state index in [0.717, 1.165) is 6.21 Å². The zero-order chi connectivity index (χ0) is 7.98. The molecule has 0 fully saturated rings. The van der Waals surface area contributed by atoms with Crippen LogP contribution in [0, 0.1) is 16.2 Å². The normalized spacial score (nSPS) is 9.20. The molecule has 6 N–H and O–H groups in total. The van der Waals surface area contributed by atoms with E-state index in [4.69, 9.17) is 22.0 Å². The van der Waals surface area contributed by atoms with Gasteiger partial charge in [0, 0.05) is 12.4 Å². The van der Waals surface area contributed by atoms with Crippen molar-refractivity contribution in [1.82, 2.24) is 5.32 Å². The maximum Gasteiger partial charge on any atom is 0.164 e. The van der Waals surface area contributed by atoms with Gasteiger partial charge in [-0.3, -0.25) is 10.8 Å². The molecule has 0 aromatic heterocycles. The Bertz CT molecular complexity index is 180. The first-order valence-corrected chi connectivity index (χ1v) is 2.53. The van der Waals surface area contributed by atoms with E-state index in [2.05, 4.69) is 5.32 Å². The number of hydrogen-bond donors (Lipinski definition) is 5. The molecular weight excluding hydrogens is 130 g/mol. The molecule has 0 atom stereocenters. The van der Waals surface area contributed by atoms with Gasteiger partial charge in [0.05, 0.1) is 0 Å². The molecule has 0 spiro atoms. The Morgan fingerprint density at radius 3 is 2.40 bits per heavy atom. The molecule has 0 radical (unpaired) electrons. The van der Waals surface area contributed by atoms with Crippen molar-refractivity contribution in [3.8, 4) is 0 Å². The Balaban J connectivity index is 3.70. The zero-order valence-corrected chi connectivity index (χ0v) is 5.31. The van der Waals surface area contributed by atoms with Crippen LogP contribution in [-0.4, -0.2) is 17.9 Å². The van der Waals surface area contributed by atoms with Gasteiger partial charge < -0.3 is 16.5 Å². The van der Waals surface area contributed by atoms with Gasteiger partial charge >= 0.3 is 0 Å². The van der Waals surface area contributed by atoms with Gasteiger partial charge in [0.2, 0.25) is 0 Å². The van der Waals surface area contributed by atoms with Gasteiger partial charge in [0.15, 0.2) is 11.7 Å². The summed E-state index contributed by atoms with van der Waals surface area (Å²) in [5.41, 5.74) is 4.92. The van der Waals surface area contributed by atoms with Crippen molar-refractivity contribution in [3.63, 3.8) is 0 Å². The summed E-state index contributed by atoms with van der Waals surface area (Å²) in [5, 5.41) is 22.6. The highest BCUT2D eigenvalue weighted by atomic mass is 15.0. The van der Waals surface area contributed by atoms with E-state index >= 15 is 0 Å². The lowest BCUT2D eigenvalue weighted by molar-refractivity contribution is 1.24. The Morgan fingerprint density at radius 1 is 1.40 bits per heavy atom. The van der Waals surface area contributed by atoms with Gasteiger partial charge in [-0.05, 0) is 6.08 Å². The molecule has 54 valence electrons. The Hall–Kier alpha value is -1.65. The zero-order valence-electron chi connectivity index (χ0n) is 5.31. The van der Waals surface area contributed by atoms with Crippen LogP contribution in [0.2, 0.25) is 0 Å². The highest BCUT2D eigenvalue weighted by Gasteiger charge is 1.92. The highest BCUT2D eigenvalue weighted by Crippen LogP contribution is 1.65. The Morgan fingerprint density at radius 2 is 2.00 bits per heavy atom. The number of allylic oxidation sites excluding steroid dienone is 1. The quantitative estimate of drug-likeness (QED) is 0.266. The van der Waals surface area contributed by atoms with E-state index in [-0.39, 0.29) is 11.7 Å². The van der Waals surface area contributed by atoms with Crippen molar-refractivity contribution < 1.29 is 0 Å². The minimum atomic E-state index is -0.324. The van der Waals surface area contributed by atoms with Crippen LogP contribution < -0.4 is 11.1 Å². The van der Waals surface area contributed by atoms with Gasteiger partial charge in [-0.1, -0.05) is 0 Å². The average Bonchev–Trinajstić information content (AvgIpc) is 1.88. The van der Waals surface area contributed by atoms with Crippen LogP contribution in [0.5, 0.6) is 0 Å². The number of amidine groups is 2. The topological polar surface area (TPSA) is 110 Å². The second kappa shape index (κ2) is 4.25. The summed E-state index contributed by atoms with van der Waals surface area (Å²) in [7, 11) is 0. The SMILES string of the molecule is N=C/C=C\NC(=N)C(=N)N. The molecule has 0 aromatic rings. The smallest absolute Gasteiger partial charge is 0.164 e. The maximum atomic E-state index is 6.93. The van der Waals surface area contributed by atoms with Crippen molar-refractivity contribution in [3.05, 3.63) is 12.3 Å². The monoisotopic (exact) mass is 139 g/mol. The van der Waals surface area contributed by atoms with E-state index in [1.165, 1.54) is 12.3 Å². The second-order valence-electron chi connectivity index (χ2n) is 1.46. The lowest BCUT2D eigenvalue weighted by Gasteiger charge is -1.97. The van der Waals surface area contributed by atoms with E-state index in [1.54, 1.807) is 0 Å². The predicted molar refractivity (Wildman–Crippen MR) is 40.7 cm³/mol. The molecule has 0 bridgehead atoms. The largest absolute Gasteiger partial charge is 0.381 e. The molecule has 0 heterocycles. The van der Waals surface area contributed by atoms with Gasteiger partial charge in [-0.25, -0.2) is 0 Å². The maximum absolute atomic E-state index is 6.93. The Kier molecular flexibility index (Phi) is 3.55. The molecule has 5 heteroatoms. The summed E-state index contributed by atoms with van der Waals surface area (Å²) >= 11 is 0. The minimum absolute atomic E-state index is 0.168. The van der Waals surface area contributed by atoms with E-state index < -0.39 is 0 Å². The molecule has 0 aliphatic rings. The molecule has 0 aliphatic carbocycles. The average molecular weight is 139 g/mol. The van der Waals surface area contributed by atoms with Crippen LogP contribution >= 0.6 is 0 Å². The summed E-state index contributed by atoms with van der Waals surface area (Å²) in [6.07, 6.45) is 3.80. The van der Waals surface area contributed by atoms with E-state index in [0.29, 0.717) is 0 Å². The third-order valence-corrected chi connectivity index (χ3v) is 0.689. The fourth-order valence-electron chi connectivity index (χ4n) is 0.257. The molecule has 0 aliphatic heterocycles. The van der Waals surface area contributed by atoms with Gasteiger partial charge in [-0.15, -0.1) is 0 Å². The summed E-state index contributed by atoms with van der Waals surface area (Å²) in [5.74, 6) is -0.493. The molecule has 10 heavy (non-hydrogen) atoms. The van der Waals surface area contributed by atoms with Crippen LogP contribution in [0.15, 0.2) is 12.3 Å². The number of rotatable bonds is 2. The number of hydrogen-bond acceptors (Lipinski definition) is 3. The summed E-state index contributed by atoms with van der Waals surface area (Å²) in [6.45, 7) is 0. The van der Waals surface area contributed by atoms with Crippen LogP contribution in [0.1, 0.15) is 0 Å². The minimum Gasteiger partial charge on any atom is -0.381 e.